The van der Waals surface area contributed by atoms with Gasteiger partial charge in [0.25, 0.3) is 0 Å². The van der Waals surface area contributed by atoms with E-state index < -0.39 is 6.09 Å². The normalized spacial score (nSPS) is 38.9. The van der Waals surface area contributed by atoms with Crippen LogP contribution in [0.15, 0.2) is 0 Å². The molecule has 5 heteroatoms. The van der Waals surface area contributed by atoms with Gasteiger partial charge >= 0.3 is 6.09 Å². The predicted molar refractivity (Wildman–Crippen MR) is 53.4 cm³/mol. The van der Waals surface area contributed by atoms with E-state index in [4.69, 9.17) is 5.11 Å². The van der Waals surface area contributed by atoms with Crippen molar-refractivity contribution in [3.05, 3.63) is 0 Å². The van der Waals surface area contributed by atoms with E-state index in [1.165, 1.54) is 4.90 Å². The average Bonchev–Trinajstić information content (AvgIpc) is 2.59. The number of nitrogens with one attached hydrogen (secondary N) is 1. The lowest BCUT2D eigenvalue weighted by Crippen LogP contribution is -2.41. The first-order valence-corrected chi connectivity index (χ1v) is 5.23. The minimum Gasteiger partial charge on any atom is -0.465 e. The number of amides is 2. The summed E-state index contributed by atoms with van der Waals surface area (Å²) in [5, 5.41) is 11.7. The lowest BCUT2D eigenvalue weighted by atomic mass is 9.98. The molecular weight excluding hydrogens is 196 g/mol. The first kappa shape index (κ1) is 10.3. The topological polar surface area (TPSA) is 69.6 Å². The number of hydrogen-bond acceptors (Lipinski definition) is 2. The molecule has 2 aliphatic rings. The van der Waals surface area contributed by atoms with Gasteiger partial charge in [-0.05, 0) is 31.6 Å². The Labute approximate surface area is 88.4 Å². The van der Waals surface area contributed by atoms with Gasteiger partial charge in [0.1, 0.15) is 0 Å². The Morgan fingerprint density at radius 1 is 1.47 bits per heavy atom. The Bertz CT molecular complexity index is 278. The van der Waals surface area contributed by atoms with E-state index >= 15 is 0 Å². The van der Waals surface area contributed by atoms with Crippen LogP contribution in [0.4, 0.5) is 4.79 Å². The van der Waals surface area contributed by atoms with Gasteiger partial charge in [-0.3, -0.25) is 4.79 Å². The Morgan fingerprint density at radius 3 is 2.40 bits per heavy atom. The van der Waals surface area contributed by atoms with Crippen LogP contribution in [0.1, 0.15) is 19.8 Å². The molecule has 1 heterocycles. The number of carbonyl (C=O) groups is 2. The van der Waals surface area contributed by atoms with E-state index in [1.54, 1.807) is 0 Å². The molecule has 2 fully saturated rings. The van der Waals surface area contributed by atoms with Crippen LogP contribution in [-0.4, -0.2) is 41.1 Å². The van der Waals surface area contributed by atoms with Gasteiger partial charge in [0, 0.05) is 18.6 Å². The third-order valence-corrected chi connectivity index (χ3v) is 3.68. The maximum Gasteiger partial charge on any atom is 0.407 e. The van der Waals surface area contributed by atoms with Crippen LogP contribution in [0.5, 0.6) is 0 Å². The fraction of sp³-hybridized carbons (Fsp3) is 0.800. The van der Waals surface area contributed by atoms with Gasteiger partial charge in [-0.2, -0.15) is 0 Å². The minimum absolute atomic E-state index is 0.123. The van der Waals surface area contributed by atoms with Gasteiger partial charge in [0.05, 0.1) is 0 Å². The predicted octanol–water partition coefficient (Wildman–Crippen LogP) is 0.511. The van der Waals surface area contributed by atoms with E-state index in [0.29, 0.717) is 24.9 Å². The van der Waals surface area contributed by atoms with Crippen LogP contribution in [-0.2, 0) is 4.79 Å². The molecule has 0 aromatic rings. The molecule has 2 rings (SSSR count). The molecule has 3 atom stereocenters. The highest BCUT2D eigenvalue weighted by Gasteiger charge is 2.47. The third kappa shape index (κ3) is 1.78. The van der Waals surface area contributed by atoms with E-state index in [0.717, 1.165) is 19.3 Å². The summed E-state index contributed by atoms with van der Waals surface area (Å²) in [5.74, 6) is 0.831. The zero-order valence-electron chi connectivity index (χ0n) is 8.77. The van der Waals surface area contributed by atoms with Crippen LogP contribution in [0.25, 0.3) is 0 Å². The second-order valence-corrected chi connectivity index (χ2v) is 4.94. The highest BCUT2D eigenvalue weighted by atomic mass is 16.4. The van der Waals surface area contributed by atoms with Crippen LogP contribution < -0.4 is 5.32 Å². The monoisotopic (exact) mass is 212 g/mol. The Balaban J connectivity index is 1.98. The molecule has 1 aliphatic heterocycles. The molecule has 84 valence electrons. The summed E-state index contributed by atoms with van der Waals surface area (Å²) >= 11 is 0. The van der Waals surface area contributed by atoms with Crippen molar-refractivity contribution in [3.8, 4) is 0 Å². The molecule has 5 nitrogen and oxygen atoms in total. The third-order valence-electron chi connectivity index (χ3n) is 3.68. The summed E-state index contributed by atoms with van der Waals surface area (Å²) in [6.45, 7) is 3.27. The molecule has 1 unspecified atom stereocenters. The molecule has 0 bridgehead atoms. The SMILES string of the molecule is CC1(NC=O)C[C@H]2CN(C(=O)O)C[C@H]2C1. The van der Waals surface area contributed by atoms with E-state index in [9.17, 15) is 9.59 Å². The van der Waals surface area contributed by atoms with Crippen molar-refractivity contribution in [2.75, 3.05) is 13.1 Å². The maximum absolute atomic E-state index is 10.8. The second-order valence-electron chi connectivity index (χ2n) is 4.94. The van der Waals surface area contributed by atoms with Gasteiger partial charge in [-0.1, -0.05) is 0 Å². The second kappa shape index (κ2) is 3.40. The fourth-order valence-corrected chi connectivity index (χ4v) is 3.06. The van der Waals surface area contributed by atoms with Crippen LogP contribution in [0, 0.1) is 11.8 Å². The van der Waals surface area contributed by atoms with Crippen molar-refractivity contribution in [1.29, 1.82) is 0 Å². The lowest BCUT2D eigenvalue weighted by molar-refractivity contribution is -0.111. The standard InChI is InChI=1S/C10H16N2O3/c1-10(11-6-13)2-7-4-12(9(14)15)5-8(7)3-10/h6-8H,2-5H2,1H3,(H,11,13)(H,14,15)/t7-,8+,10?. The van der Waals surface area contributed by atoms with Gasteiger partial charge in [0.2, 0.25) is 6.41 Å². The largest absolute Gasteiger partial charge is 0.465 e. The molecule has 0 spiro atoms. The van der Waals surface area contributed by atoms with Crippen molar-refractivity contribution in [2.45, 2.75) is 25.3 Å². The molecule has 15 heavy (non-hydrogen) atoms. The number of carbonyl (C=O) groups excluding carboxylic acids is 1. The van der Waals surface area contributed by atoms with Crippen molar-refractivity contribution < 1.29 is 14.7 Å². The Hall–Kier alpha value is -1.26. The summed E-state index contributed by atoms with van der Waals surface area (Å²) in [4.78, 5) is 22.7. The molecule has 0 aromatic carbocycles. The van der Waals surface area contributed by atoms with Crippen LogP contribution in [0.3, 0.4) is 0 Å². The van der Waals surface area contributed by atoms with Crippen LogP contribution >= 0.6 is 0 Å². The van der Waals surface area contributed by atoms with E-state index in [2.05, 4.69) is 5.32 Å². The molecule has 0 radical (unpaired) electrons. The zero-order valence-corrected chi connectivity index (χ0v) is 8.77. The summed E-state index contributed by atoms with van der Waals surface area (Å²) in [7, 11) is 0. The number of carboxylic acid groups (broad SMARTS) is 1. The van der Waals surface area contributed by atoms with Gasteiger partial charge in [-0.25, -0.2) is 4.79 Å². The zero-order chi connectivity index (χ0) is 11.1. The molecule has 0 aromatic heterocycles. The highest BCUT2D eigenvalue weighted by molar-refractivity contribution is 5.65. The Morgan fingerprint density at radius 2 is 2.00 bits per heavy atom. The highest BCUT2D eigenvalue weighted by Crippen LogP contribution is 2.43. The molecular formula is C10H16N2O3. The van der Waals surface area contributed by atoms with Gasteiger partial charge < -0.3 is 15.3 Å². The summed E-state index contributed by atoms with van der Waals surface area (Å²) in [6.07, 6.45) is 1.70. The summed E-state index contributed by atoms with van der Waals surface area (Å²) < 4.78 is 0. The van der Waals surface area contributed by atoms with Crippen molar-refractivity contribution >= 4 is 12.5 Å². The van der Waals surface area contributed by atoms with E-state index in [1.807, 2.05) is 6.92 Å². The molecule has 2 N–H and O–H groups in total. The molecule has 2 amide bonds. The van der Waals surface area contributed by atoms with Crippen molar-refractivity contribution in [3.63, 3.8) is 0 Å². The van der Waals surface area contributed by atoms with Gasteiger partial charge in [0.15, 0.2) is 0 Å². The van der Waals surface area contributed by atoms with E-state index in [-0.39, 0.29) is 5.54 Å². The average molecular weight is 212 g/mol. The number of nitrogens with zero attached hydrogens (tertiary/aromatic N) is 1. The molecule has 1 saturated heterocycles. The Kier molecular flexibility index (Phi) is 2.32. The molecule has 1 saturated carbocycles. The quantitative estimate of drug-likeness (QED) is 0.655. The maximum atomic E-state index is 10.8. The van der Waals surface area contributed by atoms with Crippen molar-refractivity contribution in [1.82, 2.24) is 10.2 Å². The minimum atomic E-state index is -0.825. The number of fused-ring (bicyclic) bond motifs is 1. The first-order chi connectivity index (χ1) is 7.04. The van der Waals surface area contributed by atoms with Gasteiger partial charge in [-0.15, -0.1) is 0 Å². The number of likely N-dealkylation sites (tertiary alicyclic amines) is 1. The summed E-state index contributed by atoms with van der Waals surface area (Å²) in [5.41, 5.74) is -0.123. The van der Waals surface area contributed by atoms with Crippen LogP contribution in [0.2, 0.25) is 0 Å². The number of rotatable bonds is 2. The first-order valence-electron chi connectivity index (χ1n) is 5.23. The number of hydrogen-bond donors (Lipinski definition) is 2. The smallest absolute Gasteiger partial charge is 0.407 e. The van der Waals surface area contributed by atoms with Crippen molar-refractivity contribution in [2.24, 2.45) is 11.8 Å². The fourth-order valence-electron chi connectivity index (χ4n) is 3.06. The molecule has 1 aliphatic carbocycles. The summed E-state index contributed by atoms with van der Waals surface area (Å²) in [6, 6.07) is 0. The lowest BCUT2D eigenvalue weighted by Gasteiger charge is -2.25.